The minimum absolute atomic E-state index is 0.220. The minimum Gasteiger partial charge on any atom is -0.376 e. The molecule has 3 rings (SSSR count). The second-order valence-corrected chi connectivity index (χ2v) is 7.02. The fourth-order valence-electron chi connectivity index (χ4n) is 3.25. The van der Waals surface area contributed by atoms with Gasteiger partial charge in [0.15, 0.2) is 0 Å². The van der Waals surface area contributed by atoms with Gasteiger partial charge in [0.05, 0.1) is 18.7 Å². The number of imidazole rings is 1. The second kappa shape index (κ2) is 7.82. The molecular formula is C18H28N6O. The molecule has 1 aliphatic rings. The molecule has 0 bridgehead atoms. The van der Waals surface area contributed by atoms with Crippen LogP contribution in [0, 0.1) is 5.92 Å². The molecule has 0 aromatic carbocycles. The van der Waals surface area contributed by atoms with E-state index in [1.165, 1.54) is 0 Å². The molecule has 0 amide bonds. The summed E-state index contributed by atoms with van der Waals surface area (Å²) in [6, 6.07) is 2.21. The number of hydrogen-bond donors (Lipinski definition) is 1. The van der Waals surface area contributed by atoms with E-state index in [0.29, 0.717) is 18.4 Å². The summed E-state index contributed by atoms with van der Waals surface area (Å²) >= 11 is 0. The Labute approximate surface area is 149 Å². The Hall–Kier alpha value is -2.15. The molecule has 0 radical (unpaired) electrons. The third-order valence-electron chi connectivity index (χ3n) is 4.64. The quantitative estimate of drug-likeness (QED) is 0.868. The molecule has 1 saturated heterocycles. The molecule has 1 aliphatic heterocycles. The van der Waals surface area contributed by atoms with Crippen molar-refractivity contribution < 1.29 is 4.74 Å². The van der Waals surface area contributed by atoms with Gasteiger partial charge in [-0.15, -0.1) is 0 Å². The smallest absolute Gasteiger partial charge is 0.227 e. The first kappa shape index (κ1) is 17.7. The average molecular weight is 344 g/mol. The Balaban J connectivity index is 1.69. The molecule has 0 aliphatic carbocycles. The van der Waals surface area contributed by atoms with Crippen LogP contribution >= 0.6 is 0 Å². The van der Waals surface area contributed by atoms with Crippen LogP contribution in [0.5, 0.6) is 0 Å². The summed E-state index contributed by atoms with van der Waals surface area (Å²) < 4.78 is 7.96. The van der Waals surface area contributed by atoms with Gasteiger partial charge in [-0.05, 0) is 24.8 Å². The zero-order valence-corrected chi connectivity index (χ0v) is 15.5. The second-order valence-electron chi connectivity index (χ2n) is 7.02. The summed E-state index contributed by atoms with van der Waals surface area (Å²) in [4.78, 5) is 15.5. The maximum atomic E-state index is 5.96. The van der Waals surface area contributed by atoms with Crippen LogP contribution in [0.1, 0.15) is 32.5 Å². The van der Waals surface area contributed by atoms with Gasteiger partial charge in [-0.1, -0.05) is 13.8 Å². The largest absolute Gasteiger partial charge is 0.376 e. The molecule has 1 fully saturated rings. The van der Waals surface area contributed by atoms with Crippen LogP contribution < -0.4 is 10.2 Å². The van der Waals surface area contributed by atoms with E-state index in [-0.39, 0.29) is 12.1 Å². The zero-order valence-electron chi connectivity index (χ0n) is 15.5. The molecule has 1 N–H and O–H groups in total. The van der Waals surface area contributed by atoms with Crippen molar-refractivity contribution in [3.63, 3.8) is 0 Å². The molecule has 25 heavy (non-hydrogen) atoms. The number of rotatable bonds is 6. The van der Waals surface area contributed by atoms with E-state index in [1.807, 2.05) is 35.8 Å². The van der Waals surface area contributed by atoms with E-state index < -0.39 is 0 Å². The summed E-state index contributed by atoms with van der Waals surface area (Å²) in [6.07, 6.45) is 7.95. The number of aromatic nitrogens is 4. The molecule has 2 atom stereocenters. The summed E-state index contributed by atoms with van der Waals surface area (Å²) in [5.41, 5.74) is 0. The molecule has 0 saturated carbocycles. The van der Waals surface area contributed by atoms with Crippen molar-refractivity contribution in [3.8, 4) is 0 Å². The molecule has 0 unspecified atom stereocenters. The molecule has 136 valence electrons. The van der Waals surface area contributed by atoms with Gasteiger partial charge in [-0.2, -0.15) is 4.98 Å². The van der Waals surface area contributed by atoms with E-state index in [9.17, 15) is 0 Å². The van der Waals surface area contributed by atoms with Crippen LogP contribution in [0.25, 0.3) is 0 Å². The third-order valence-corrected chi connectivity index (χ3v) is 4.64. The highest BCUT2D eigenvalue weighted by Gasteiger charge is 2.28. The van der Waals surface area contributed by atoms with E-state index in [1.54, 1.807) is 12.4 Å². The lowest BCUT2D eigenvalue weighted by Gasteiger charge is -2.35. The summed E-state index contributed by atoms with van der Waals surface area (Å²) in [5.74, 6) is 2.99. The first-order valence-electron chi connectivity index (χ1n) is 8.93. The SMILES string of the molecule is CC(C)[C@@H]1OCCC[C@H]1Nc1ccnc(N(C)Cc2nccn2C)n1. The van der Waals surface area contributed by atoms with Crippen molar-refractivity contribution >= 4 is 11.8 Å². The van der Waals surface area contributed by atoms with E-state index in [4.69, 9.17) is 4.74 Å². The van der Waals surface area contributed by atoms with Crippen molar-refractivity contribution in [3.05, 3.63) is 30.5 Å². The van der Waals surface area contributed by atoms with Crippen molar-refractivity contribution in [2.75, 3.05) is 23.9 Å². The summed E-state index contributed by atoms with van der Waals surface area (Å²) in [7, 11) is 3.97. The Bertz CT molecular complexity index is 686. The van der Waals surface area contributed by atoms with Crippen molar-refractivity contribution in [2.45, 2.75) is 45.4 Å². The van der Waals surface area contributed by atoms with Crippen LogP contribution in [0.4, 0.5) is 11.8 Å². The number of nitrogens with one attached hydrogen (secondary N) is 1. The van der Waals surface area contributed by atoms with Gasteiger partial charge in [0, 0.05) is 39.3 Å². The van der Waals surface area contributed by atoms with Gasteiger partial charge >= 0.3 is 0 Å². The number of nitrogens with zero attached hydrogens (tertiary/aromatic N) is 5. The van der Waals surface area contributed by atoms with Crippen molar-refractivity contribution in [1.82, 2.24) is 19.5 Å². The highest BCUT2D eigenvalue weighted by molar-refractivity contribution is 5.42. The van der Waals surface area contributed by atoms with Gasteiger partial charge in [-0.3, -0.25) is 0 Å². The highest BCUT2D eigenvalue weighted by Crippen LogP contribution is 2.24. The number of hydrogen-bond acceptors (Lipinski definition) is 6. The minimum atomic E-state index is 0.220. The predicted molar refractivity (Wildman–Crippen MR) is 98.6 cm³/mol. The molecule has 7 heteroatoms. The standard InChI is InChI=1S/C18H28N6O/c1-13(2)17-14(6-5-11-25-17)21-15-7-8-20-18(22-15)24(4)12-16-19-9-10-23(16)3/h7-10,13-14,17H,5-6,11-12H2,1-4H3,(H,20,21,22)/t14-,17+/m1/s1. The molecule has 7 nitrogen and oxygen atoms in total. The maximum Gasteiger partial charge on any atom is 0.227 e. The molecule has 0 spiro atoms. The Morgan fingerprint density at radius 2 is 2.20 bits per heavy atom. The summed E-state index contributed by atoms with van der Waals surface area (Å²) in [6.45, 7) is 5.92. The van der Waals surface area contributed by atoms with E-state index in [2.05, 4.69) is 34.1 Å². The van der Waals surface area contributed by atoms with Gasteiger partial charge < -0.3 is 19.5 Å². The zero-order chi connectivity index (χ0) is 17.8. The van der Waals surface area contributed by atoms with E-state index in [0.717, 1.165) is 31.1 Å². The fraction of sp³-hybridized carbons (Fsp3) is 0.611. The Morgan fingerprint density at radius 3 is 2.92 bits per heavy atom. The van der Waals surface area contributed by atoms with Gasteiger partial charge in [0.1, 0.15) is 11.6 Å². The van der Waals surface area contributed by atoms with Crippen LogP contribution in [-0.4, -0.2) is 45.3 Å². The highest BCUT2D eigenvalue weighted by atomic mass is 16.5. The van der Waals surface area contributed by atoms with Crippen molar-refractivity contribution in [1.29, 1.82) is 0 Å². The van der Waals surface area contributed by atoms with Gasteiger partial charge in [0.25, 0.3) is 0 Å². The first-order valence-corrected chi connectivity index (χ1v) is 8.93. The Kier molecular flexibility index (Phi) is 5.53. The average Bonchev–Trinajstić information content (AvgIpc) is 3.00. The number of anilines is 2. The topological polar surface area (TPSA) is 68.1 Å². The number of aryl methyl sites for hydroxylation is 1. The summed E-state index contributed by atoms with van der Waals surface area (Å²) in [5, 5.41) is 3.55. The Morgan fingerprint density at radius 1 is 1.36 bits per heavy atom. The van der Waals surface area contributed by atoms with Crippen LogP contribution in [0.3, 0.4) is 0 Å². The normalized spacial score (nSPS) is 20.7. The molecule has 3 heterocycles. The van der Waals surface area contributed by atoms with Gasteiger partial charge in [0.2, 0.25) is 5.95 Å². The molecular weight excluding hydrogens is 316 g/mol. The predicted octanol–water partition coefficient (Wildman–Crippen LogP) is 2.46. The number of ether oxygens (including phenoxy) is 1. The molecule has 2 aromatic heterocycles. The maximum absolute atomic E-state index is 5.96. The lowest BCUT2D eigenvalue weighted by Crippen LogP contribution is -2.43. The van der Waals surface area contributed by atoms with Crippen molar-refractivity contribution in [2.24, 2.45) is 13.0 Å². The monoisotopic (exact) mass is 344 g/mol. The van der Waals surface area contributed by atoms with Gasteiger partial charge in [-0.25, -0.2) is 9.97 Å². The lowest BCUT2D eigenvalue weighted by atomic mass is 9.94. The fourth-order valence-corrected chi connectivity index (χ4v) is 3.25. The third kappa shape index (κ3) is 4.28. The molecule has 2 aromatic rings. The first-order chi connectivity index (χ1) is 12.0. The van der Waals surface area contributed by atoms with Crippen LogP contribution in [-0.2, 0) is 18.3 Å². The lowest BCUT2D eigenvalue weighted by molar-refractivity contribution is -0.0203. The van der Waals surface area contributed by atoms with E-state index >= 15 is 0 Å². The van der Waals surface area contributed by atoms with Crippen LogP contribution in [0.15, 0.2) is 24.7 Å². The van der Waals surface area contributed by atoms with Crippen LogP contribution in [0.2, 0.25) is 0 Å².